The van der Waals surface area contributed by atoms with Crippen LogP contribution in [0.4, 0.5) is 4.79 Å². The summed E-state index contributed by atoms with van der Waals surface area (Å²) in [5.74, 6) is 0.124. The SMILES string of the molecule is CCC(C)C(C)(O)CNC(=O)NCCc1cn2cccc(C)c2n1. The number of hydrogen-bond acceptors (Lipinski definition) is 3. The van der Waals surface area contributed by atoms with Gasteiger partial charge in [-0.05, 0) is 31.4 Å². The predicted octanol–water partition coefficient (Wildman–Crippen LogP) is 2.28. The highest BCUT2D eigenvalue weighted by Crippen LogP contribution is 2.18. The monoisotopic (exact) mass is 332 g/mol. The van der Waals surface area contributed by atoms with E-state index >= 15 is 0 Å². The molecule has 2 amide bonds. The van der Waals surface area contributed by atoms with Gasteiger partial charge in [0.05, 0.1) is 11.3 Å². The number of urea groups is 1. The number of aryl methyl sites for hydroxylation is 1. The molecule has 2 rings (SSSR count). The predicted molar refractivity (Wildman–Crippen MR) is 95.1 cm³/mol. The van der Waals surface area contributed by atoms with E-state index in [1.165, 1.54) is 0 Å². The molecule has 132 valence electrons. The van der Waals surface area contributed by atoms with E-state index in [0.717, 1.165) is 23.3 Å². The van der Waals surface area contributed by atoms with Crippen LogP contribution in [0.1, 0.15) is 38.4 Å². The number of pyridine rings is 1. The van der Waals surface area contributed by atoms with E-state index in [1.807, 2.05) is 49.7 Å². The average Bonchev–Trinajstić information content (AvgIpc) is 2.96. The fourth-order valence-corrected chi connectivity index (χ4v) is 2.56. The first kappa shape index (κ1) is 18.3. The summed E-state index contributed by atoms with van der Waals surface area (Å²) in [6.07, 6.45) is 5.48. The Hall–Kier alpha value is -2.08. The highest BCUT2D eigenvalue weighted by atomic mass is 16.3. The molecule has 2 heterocycles. The first-order valence-electron chi connectivity index (χ1n) is 8.50. The average molecular weight is 332 g/mol. The van der Waals surface area contributed by atoms with E-state index in [-0.39, 0.29) is 18.5 Å². The van der Waals surface area contributed by atoms with Crippen LogP contribution in [0, 0.1) is 12.8 Å². The Bertz CT molecular complexity index is 693. The van der Waals surface area contributed by atoms with E-state index in [0.29, 0.717) is 13.0 Å². The van der Waals surface area contributed by atoms with E-state index in [4.69, 9.17) is 0 Å². The second-order valence-corrected chi connectivity index (χ2v) is 6.68. The molecule has 6 heteroatoms. The molecule has 0 fully saturated rings. The van der Waals surface area contributed by atoms with E-state index < -0.39 is 5.60 Å². The van der Waals surface area contributed by atoms with E-state index in [2.05, 4.69) is 15.6 Å². The first-order valence-corrected chi connectivity index (χ1v) is 8.50. The van der Waals surface area contributed by atoms with Crippen LogP contribution in [-0.2, 0) is 6.42 Å². The van der Waals surface area contributed by atoms with Crippen LogP contribution in [-0.4, -0.2) is 39.2 Å². The lowest BCUT2D eigenvalue weighted by atomic mass is 9.89. The minimum Gasteiger partial charge on any atom is -0.388 e. The van der Waals surface area contributed by atoms with Gasteiger partial charge in [0.1, 0.15) is 5.65 Å². The number of carbonyl (C=O) groups is 1. The molecule has 0 aliphatic carbocycles. The molecule has 0 radical (unpaired) electrons. The van der Waals surface area contributed by atoms with E-state index in [1.54, 1.807) is 6.92 Å². The van der Waals surface area contributed by atoms with Crippen LogP contribution < -0.4 is 10.6 Å². The normalized spacial score (nSPS) is 15.0. The zero-order valence-electron chi connectivity index (χ0n) is 15.0. The van der Waals surface area contributed by atoms with Crippen molar-refractivity contribution in [2.45, 2.75) is 46.1 Å². The Kier molecular flexibility index (Phi) is 5.83. The highest BCUT2D eigenvalue weighted by molar-refractivity contribution is 5.73. The molecule has 2 unspecified atom stereocenters. The summed E-state index contributed by atoms with van der Waals surface area (Å²) < 4.78 is 1.99. The van der Waals surface area contributed by atoms with Crippen molar-refractivity contribution in [3.05, 3.63) is 35.8 Å². The molecule has 6 nitrogen and oxygen atoms in total. The number of aromatic nitrogens is 2. The van der Waals surface area contributed by atoms with Crippen molar-refractivity contribution in [3.8, 4) is 0 Å². The number of hydrogen-bond donors (Lipinski definition) is 3. The molecule has 0 bridgehead atoms. The van der Waals surface area contributed by atoms with Gasteiger partial charge in [0.2, 0.25) is 0 Å². The highest BCUT2D eigenvalue weighted by Gasteiger charge is 2.27. The number of imidazole rings is 1. The third-order valence-corrected chi connectivity index (χ3v) is 4.68. The minimum absolute atomic E-state index is 0.124. The van der Waals surface area contributed by atoms with Gasteiger partial charge >= 0.3 is 6.03 Å². The third-order valence-electron chi connectivity index (χ3n) is 4.68. The largest absolute Gasteiger partial charge is 0.388 e. The lowest BCUT2D eigenvalue weighted by Gasteiger charge is -2.29. The maximum absolute atomic E-state index is 11.9. The molecule has 0 aromatic carbocycles. The Balaban J connectivity index is 1.79. The Morgan fingerprint density at radius 3 is 2.88 bits per heavy atom. The summed E-state index contributed by atoms with van der Waals surface area (Å²) in [6.45, 7) is 8.52. The summed E-state index contributed by atoms with van der Waals surface area (Å²) in [6, 6.07) is 3.75. The van der Waals surface area contributed by atoms with Gasteiger partial charge in [0.25, 0.3) is 0 Å². The Labute approximate surface area is 143 Å². The fourth-order valence-electron chi connectivity index (χ4n) is 2.56. The van der Waals surface area contributed by atoms with Gasteiger partial charge in [-0.15, -0.1) is 0 Å². The van der Waals surface area contributed by atoms with Crippen LogP contribution in [0.15, 0.2) is 24.5 Å². The van der Waals surface area contributed by atoms with Crippen molar-refractivity contribution >= 4 is 11.7 Å². The number of nitrogens with zero attached hydrogens (tertiary/aromatic N) is 2. The molecule has 0 saturated carbocycles. The van der Waals surface area contributed by atoms with Crippen molar-refractivity contribution in [1.29, 1.82) is 0 Å². The summed E-state index contributed by atoms with van der Waals surface area (Å²) >= 11 is 0. The Morgan fingerprint density at radius 2 is 2.21 bits per heavy atom. The standard InChI is InChI=1S/C18H28N4O2/c1-5-14(3)18(4,24)12-20-17(23)19-9-8-15-11-22-10-6-7-13(2)16(22)21-15/h6-7,10-11,14,24H,5,8-9,12H2,1-4H3,(H2,19,20,23). The van der Waals surface area contributed by atoms with Crippen LogP contribution >= 0.6 is 0 Å². The molecule has 0 saturated heterocycles. The lowest BCUT2D eigenvalue weighted by molar-refractivity contribution is 0.00791. The number of carbonyl (C=O) groups excluding carboxylic acids is 1. The van der Waals surface area contributed by atoms with Gasteiger partial charge < -0.3 is 20.1 Å². The van der Waals surface area contributed by atoms with Gasteiger partial charge in [0.15, 0.2) is 0 Å². The van der Waals surface area contributed by atoms with Crippen molar-refractivity contribution in [3.63, 3.8) is 0 Å². The molecule has 3 N–H and O–H groups in total. The van der Waals surface area contributed by atoms with Crippen LogP contribution in [0.2, 0.25) is 0 Å². The molecule has 2 aromatic heterocycles. The van der Waals surface area contributed by atoms with Gasteiger partial charge in [-0.2, -0.15) is 0 Å². The number of fused-ring (bicyclic) bond motifs is 1. The summed E-state index contributed by atoms with van der Waals surface area (Å²) in [7, 11) is 0. The number of nitrogens with one attached hydrogen (secondary N) is 2. The molecule has 0 aliphatic rings. The number of aliphatic hydroxyl groups is 1. The third kappa shape index (κ3) is 4.47. The zero-order valence-corrected chi connectivity index (χ0v) is 15.0. The summed E-state index contributed by atoms with van der Waals surface area (Å²) in [4.78, 5) is 16.4. The molecule has 2 atom stereocenters. The van der Waals surface area contributed by atoms with Crippen molar-refractivity contribution < 1.29 is 9.90 Å². The quantitative estimate of drug-likeness (QED) is 0.728. The van der Waals surface area contributed by atoms with Crippen LogP contribution in [0.25, 0.3) is 5.65 Å². The number of amides is 2. The molecular formula is C18H28N4O2. The van der Waals surface area contributed by atoms with E-state index in [9.17, 15) is 9.90 Å². The summed E-state index contributed by atoms with van der Waals surface area (Å²) in [5, 5.41) is 15.8. The smallest absolute Gasteiger partial charge is 0.314 e. The molecular weight excluding hydrogens is 304 g/mol. The first-order chi connectivity index (χ1) is 11.3. The van der Waals surface area contributed by atoms with Crippen molar-refractivity contribution in [2.24, 2.45) is 5.92 Å². The maximum Gasteiger partial charge on any atom is 0.314 e. The van der Waals surface area contributed by atoms with Gasteiger partial charge in [-0.1, -0.05) is 26.3 Å². The molecule has 24 heavy (non-hydrogen) atoms. The lowest BCUT2D eigenvalue weighted by Crippen LogP contribution is -2.48. The summed E-state index contributed by atoms with van der Waals surface area (Å²) in [5.41, 5.74) is 2.12. The van der Waals surface area contributed by atoms with Crippen molar-refractivity contribution in [1.82, 2.24) is 20.0 Å². The van der Waals surface area contributed by atoms with Gasteiger partial charge in [-0.25, -0.2) is 9.78 Å². The Morgan fingerprint density at radius 1 is 1.46 bits per heavy atom. The fraction of sp³-hybridized carbons (Fsp3) is 0.556. The zero-order chi connectivity index (χ0) is 17.7. The van der Waals surface area contributed by atoms with Crippen molar-refractivity contribution in [2.75, 3.05) is 13.1 Å². The second-order valence-electron chi connectivity index (χ2n) is 6.68. The molecule has 2 aromatic rings. The maximum atomic E-state index is 11.9. The van der Waals surface area contributed by atoms with Gasteiger partial charge in [-0.3, -0.25) is 0 Å². The minimum atomic E-state index is -0.898. The van der Waals surface area contributed by atoms with Crippen LogP contribution in [0.3, 0.4) is 0 Å². The number of rotatable bonds is 7. The van der Waals surface area contributed by atoms with Crippen LogP contribution in [0.5, 0.6) is 0 Å². The molecule has 0 aliphatic heterocycles. The second kappa shape index (κ2) is 7.66. The topological polar surface area (TPSA) is 78.7 Å². The van der Waals surface area contributed by atoms with Gasteiger partial charge in [0, 0.05) is 31.9 Å². The molecule has 0 spiro atoms.